The number of rotatable bonds is 6. The summed E-state index contributed by atoms with van der Waals surface area (Å²) in [7, 11) is 1.85. The minimum atomic E-state index is 0.0127. The third-order valence-electron chi connectivity index (χ3n) is 3.61. The van der Waals surface area contributed by atoms with Crippen LogP contribution >= 0.6 is 0 Å². The van der Waals surface area contributed by atoms with Gasteiger partial charge in [0.2, 0.25) is 5.91 Å². The zero-order valence-corrected chi connectivity index (χ0v) is 13.2. The van der Waals surface area contributed by atoms with Crippen LogP contribution in [0.1, 0.15) is 25.8 Å². The van der Waals surface area contributed by atoms with Gasteiger partial charge in [-0.3, -0.25) is 4.79 Å². The van der Waals surface area contributed by atoms with Gasteiger partial charge in [0, 0.05) is 25.8 Å². The van der Waals surface area contributed by atoms with E-state index in [2.05, 4.69) is 13.8 Å². The summed E-state index contributed by atoms with van der Waals surface area (Å²) in [6.45, 7) is 6.75. The molecule has 0 bridgehead atoms. The van der Waals surface area contributed by atoms with Gasteiger partial charge in [-0.05, 0) is 18.4 Å². The molecule has 1 atom stereocenters. The standard InChI is InChI=1S/C17H25NO3/c1-13(2)11-21-16-7-5-4-6-14(16)10-18(3)17(19)15-8-9-20-12-15/h4-7,13,15H,8-12H2,1-3H3/t15-/m0/s1. The second-order valence-electron chi connectivity index (χ2n) is 6.07. The van der Waals surface area contributed by atoms with Gasteiger partial charge in [-0.25, -0.2) is 0 Å². The number of hydrogen-bond donors (Lipinski definition) is 0. The molecule has 1 amide bonds. The first-order valence-electron chi connectivity index (χ1n) is 7.61. The second-order valence-corrected chi connectivity index (χ2v) is 6.07. The highest BCUT2D eigenvalue weighted by atomic mass is 16.5. The van der Waals surface area contributed by atoms with Gasteiger partial charge in [0.1, 0.15) is 5.75 Å². The molecule has 0 N–H and O–H groups in total. The molecule has 1 aromatic rings. The van der Waals surface area contributed by atoms with Crippen LogP contribution in [0.15, 0.2) is 24.3 Å². The van der Waals surface area contributed by atoms with E-state index in [0.29, 0.717) is 32.3 Å². The third kappa shape index (κ3) is 4.46. The van der Waals surface area contributed by atoms with Crippen LogP contribution in [0, 0.1) is 11.8 Å². The van der Waals surface area contributed by atoms with E-state index in [-0.39, 0.29) is 11.8 Å². The molecule has 116 valence electrons. The normalized spacial score (nSPS) is 18.0. The number of carbonyl (C=O) groups is 1. The lowest BCUT2D eigenvalue weighted by molar-refractivity contribution is -0.134. The molecule has 1 aliphatic rings. The Kier molecular flexibility index (Phi) is 5.62. The summed E-state index contributed by atoms with van der Waals surface area (Å²) in [4.78, 5) is 14.1. The fourth-order valence-corrected chi connectivity index (χ4v) is 2.41. The quantitative estimate of drug-likeness (QED) is 0.809. The van der Waals surface area contributed by atoms with Crippen molar-refractivity contribution in [2.45, 2.75) is 26.8 Å². The largest absolute Gasteiger partial charge is 0.493 e. The van der Waals surface area contributed by atoms with Crippen LogP contribution in [0.25, 0.3) is 0 Å². The zero-order chi connectivity index (χ0) is 15.2. The Balaban J connectivity index is 1.99. The molecule has 2 rings (SSSR count). The number of carbonyl (C=O) groups excluding carboxylic acids is 1. The molecule has 0 aromatic heterocycles. The van der Waals surface area contributed by atoms with Gasteiger partial charge in [0.05, 0.1) is 19.1 Å². The Morgan fingerprint density at radius 3 is 2.86 bits per heavy atom. The first-order valence-corrected chi connectivity index (χ1v) is 7.61. The molecule has 1 aromatic carbocycles. The highest BCUT2D eigenvalue weighted by Gasteiger charge is 2.26. The van der Waals surface area contributed by atoms with Crippen LogP contribution in [-0.2, 0) is 16.1 Å². The smallest absolute Gasteiger partial charge is 0.228 e. The van der Waals surface area contributed by atoms with Crippen molar-refractivity contribution >= 4 is 5.91 Å². The molecule has 4 nitrogen and oxygen atoms in total. The van der Waals surface area contributed by atoms with E-state index in [9.17, 15) is 4.79 Å². The average Bonchev–Trinajstić information content (AvgIpc) is 2.99. The maximum atomic E-state index is 12.3. The number of ether oxygens (including phenoxy) is 2. The molecular formula is C17H25NO3. The maximum absolute atomic E-state index is 12.3. The Labute approximate surface area is 127 Å². The van der Waals surface area contributed by atoms with E-state index in [0.717, 1.165) is 17.7 Å². The predicted octanol–water partition coefficient (Wildman–Crippen LogP) is 2.72. The summed E-state index contributed by atoms with van der Waals surface area (Å²) in [5, 5.41) is 0. The molecule has 0 spiro atoms. The van der Waals surface area contributed by atoms with Crippen molar-refractivity contribution < 1.29 is 14.3 Å². The molecule has 21 heavy (non-hydrogen) atoms. The highest BCUT2D eigenvalue weighted by Crippen LogP contribution is 2.22. The monoisotopic (exact) mass is 291 g/mol. The molecule has 1 fully saturated rings. The lowest BCUT2D eigenvalue weighted by atomic mass is 10.1. The summed E-state index contributed by atoms with van der Waals surface area (Å²) in [5.41, 5.74) is 1.05. The Hall–Kier alpha value is -1.55. The zero-order valence-electron chi connectivity index (χ0n) is 13.2. The first-order chi connectivity index (χ1) is 10.1. The lowest BCUT2D eigenvalue weighted by Crippen LogP contribution is -2.32. The van der Waals surface area contributed by atoms with Crippen molar-refractivity contribution in [1.29, 1.82) is 0 Å². The summed E-state index contributed by atoms with van der Waals surface area (Å²) in [6, 6.07) is 7.93. The summed E-state index contributed by atoms with van der Waals surface area (Å²) >= 11 is 0. The van der Waals surface area contributed by atoms with E-state index in [1.165, 1.54) is 0 Å². The second kappa shape index (κ2) is 7.46. The molecule has 0 aliphatic carbocycles. The van der Waals surface area contributed by atoms with Crippen molar-refractivity contribution in [2.24, 2.45) is 11.8 Å². The minimum Gasteiger partial charge on any atom is -0.493 e. The van der Waals surface area contributed by atoms with Gasteiger partial charge in [-0.2, -0.15) is 0 Å². The topological polar surface area (TPSA) is 38.8 Å². The SMILES string of the molecule is CC(C)COc1ccccc1CN(C)C(=O)[C@H]1CCOC1. The molecular weight excluding hydrogens is 266 g/mol. The first kappa shape index (κ1) is 15.8. The number of benzene rings is 1. The van der Waals surface area contributed by atoms with Crippen LogP contribution in [-0.4, -0.2) is 37.7 Å². The molecule has 1 saturated heterocycles. The van der Waals surface area contributed by atoms with Gasteiger partial charge in [-0.15, -0.1) is 0 Å². The van der Waals surface area contributed by atoms with Crippen molar-refractivity contribution in [3.8, 4) is 5.75 Å². The van der Waals surface area contributed by atoms with Crippen molar-refractivity contribution in [3.63, 3.8) is 0 Å². The summed E-state index contributed by atoms with van der Waals surface area (Å²) < 4.78 is 11.1. The fraction of sp³-hybridized carbons (Fsp3) is 0.588. The fourth-order valence-electron chi connectivity index (χ4n) is 2.41. The van der Waals surface area contributed by atoms with Crippen LogP contribution in [0.4, 0.5) is 0 Å². The van der Waals surface area contributed by atoms with Crippen LogP contribution in [0.3, 0.4) is 0 Å². The van der Waals surface area contributed by atoms with Crippen molar-refractivity contribution in [1.82, 2.24) is 4.90 Å². The number of amides is 1. The summed E-state index contributed by atoms with van der Waals surface area (Å²) in [5.74, 6) is 1.52. The van der Waals surface area contributed by atoms with E-state index < -0.39 is 0 Å². The molecule has 0 radical (unpaired) electrons. The van der Waals surface area contributed by atoms with Crippen LogP contribution in [0.2, 0.25) is 0 Å². The molecule has 0 unspecified atom stereocenters. The molecule has 1 heterocycles. The van der Waals surface area contributed by atoms with Crippen molar-refractivity contribution in [2.75, 3.05) is 26.9 Å². The van der Waals surface area contributed by atoms with Gasteiger partial charge >= 0.3 is 0 Å². The minimum absolute atomic E-state index is 0.0127. The lowest BCUT2D eigenvalue weighted by Gasteiger charge is -2.22. The maximum Gasteiger partial charge on any atom is 0.228 e. The van der Waals surface area contributed by atoms with E-state index in [1.54, 1.807) is 4.90 Å². The van der Waals surface area contributed by atoms with Crippen molar-refractivity contribution in [3.05, 3.63) is 29.8 Å². The molecule has 1 aliphatic heterocycles. The van der Waals surface area contributed by atoms with E-state index in [1.807, 2.05) is 31.3 Å². The number of nitrogens with zero attached hydrogens (tertiary/aromatic N) is 1. The summed E-state index contributed by atoms with van der Waals surface area (Å²) in [6.07, 6.45) is 0.828. The van der Waals surface area contributed by atoms with Crippen LogP contribution in [0.5, 0.6) is 5.75 Å². The number of hydrogen-bond acceptors (Lipinski definition) is 3. The molecule has 0 saturated carbocycles. The Morgan fingerprint density at radius 2 is 2.19 bits per heavy atom. The van der Waals surface area contributed by atoms with Gasteiger partial charge in [0.15, 0.2) is 0 Å². The average molecular weight is 291 g/mol. The van der Waals surface area contributed by atoms with Gasteiger partial charge < -0.3 is 14.4 Å². The van der Waals surface area contributed by atoms with E-state index in [4.69, 9.17) is 9.47 Å². The van der Waals surface area contributed by atoms with Gasteiger partial charge in [0.25, 0.3) is 0 Å². The predicted molar refractivity (Wildman–Crippen MR) is 82.2 cm³/mol. The highest BCUT2D eigenvalue weighted by molar-refractivity contribution is 5.79. The Morgan fingerprint density at radius 1 is 1.43 bits per heavy atom. The Bertz CT molecular complexity index is 467. The van der Waals surface area contributed by atoms with E-state index >= 15 is 0 Å². The molecule has 4 heteroatoms. The van der Waals surface area contributed by atoms with Gasteiger partial charge in [-0.1, -0.05) is 32.0 Å². The third-order valence-corrected chi connectivity index (χ3v) is 3.61. The van der Waals surface area contributed by atoms with Crippen LogP contribution < -0.4 is 4.74 Å². The number of para-hydroxylation sites is 1.